The van der Waals surface area contributed by atoms with E-state index in [4.69, 9.17) is 20.5 Å². The van der Waals surface area contributed by atoms with Gasteiger partial charge in [0.15, 0.2) is 11.5 Å². The Hall–Kier alpha value is -2.03. The molecule has 1 heterocycles. The number of nitrogens with two attached hydrogens (primary N) is 1. The number of methoxy groups -OCH3 is 1. The molecule has 2 aromatic rings. The lowest BCUT2D eigenvalue weighted by atomic mass is 10.0. The van der Waals surface area contributed by atoms with Crippen LogP contribution in [0, 0.1) is 11.3 Å². The molecule has 110 valence electrons. The molecule has 2 rings (SSSR count). The molecule has 0 spiro atoms. The van der Waals surface area contributed by atoms with Gasteiger partial charge in [0.05, 0.1) is 18.7 Å². The van der Waals surface area contributed by atoms with E-state index in [1.54, 1.807) is 36.6 Å². The number of hydrogen-bond donors (Lipinski definition) is 1. The maximum atomic E-state index is 8.94. The molecule has 0 fully saturated rings. The minimum absolute atomic E-state index is 0.111. The maximum absolute atomic E-state index is 8.94. The highest BCUT2D eigenvalue weighted by Gasteiger charge is 2.22. The van der Waals surface area contributed by atoms with Gasteiger partial charge in [-0.3, -0.25) is 0 Å². The zero-order valence-electron chi connectivity index (χ0n) is 12.1. The van der Waals surface area contributed by atoms with Crippen molar-refractivity contribution in [1.29, 1.82) is 5.26 Å². The molecule has 5 heteroatoms. The van der Waals surface area contributed by atoms with Crippen molar-refractivity contribution >= 4 is 11.3 Å². The van der Waals surface area contributed by atoms with Crippen LogP contribution in [0.3, 0.4) is 0 Å². The van der Waals surface area contributed by atoms with Gasteiger partial charge in [-0.05, 0) is 35.4 Å². The Bertz CT molecular complexity index is 620. The zero-order chi connectivity index (χ0) is 15.2. The average molecular weight is 302 g/mol. The predicted molar refractivity (Wildman–Crippen MR) is 83.7 cm³/mol. The van der Waals surface area contributed by atoms with Crippen molar-refractivity contribution in [3.63, 3.8) is 0 Å². The summed E-state index contributed by atoms with van der Waals surface area (Å²) in [4.78, 5) is 0. The van der Waals surface area contributed by atoms with E-state index in [0.29, 0.717) is 17.1 Å². The Balaban J connectivity index is 2.31. The summed E-state index contributed by atoms with van der Waals surface area (Å²) in [5.41, 5.74) is 7.78. The van der Waals surface area contributed by atoms with Gasteiger partial charge in [-0.2, -0.15) is 16.6 Å². The van der Waals surface area contributed by atoms with Crippen molar-refractivity contribution in [3.8, 4) is 17.6 Å². The molecule has 0 saturated carbocycles. The first-order valence-corrected chi connectivity index (χ1v) is 7.66. The molecule has 0 radical (unpaired) electrons. The standard InChI is InChI=1S/C16H18N2O2S/c1-3-13(18)16(12-6-7-21-10-12)20-14-5-4-11(9-17)8-15(14)19-2/h4-8,10,13,16H,3,18H2,1-2H3. The third-order valence-corrected chi connectivity index (χ3v) is 3.98. The molecule has 0 bridgehead atoms. The summed E-state index contributed by atoms with van der Waals surface area (Å²) in [6, 6.07) is 9.11. The highest BCUT2D eigenvalue weighted by molar-refractivity contribution is 7.07. The second kappa shape index (κ2) is 7.11. The Kier molecular flexibility index (Phi) is 5.20. The number of ether oxygens (including phenoxy) is 2. The molecule has 0 aliphatic heterocycles. The van der Waals surface area contributed by atoms with E-state index in [-0.39, 0.29) is 12.1 Å². The van der Waals surface area contributed by atoms with Gasteiger partial charge in [0.25, 0.3) is 0 Å². The van der Waals surface area contributed by atoms with Crippen LogP contribution in [-0.2, 0) is 0 Å². The van der Waals surface area contributed by atoms with E-state index >= 15 is 0 Å². The van der Waals surface area contributed by atoms with Crippen molar-refractivity contribution in [2.75, 3.05) is 7.11 Å². The SMILES string of the molecule is CCC(N)C(Oc1ccc(C#N)cc1OC)c1ccsc1. The lowest BCUT2D eigenvalue weighted by Crippen LogP contribution is -2.31. The van der Waals surface area contributed by atoms with E-state index < -0.39 is 0 Å². The molecule has 0 aliphatic rings. The quantitative estimate of drug-likeness (QED) is 0.887. The van der Waals surface area contributed by atoms with Gasteiger partial charge >= 0.3 is 0 Å². The first-order valence-electron chi connectivity index (χ1n) is 6.72. The fraction of sp³-hybridized carbons (Fsp3) is 0.312. The van der Waals surface area contributed by atoms with E-state index in [9.17, 15) is 0 Å². The highest BCUT2D eigenvalue weighted by atomic mass is 32.1. The van der Waals surface area contributed by atoms with Crippen LogP contribution in [-0.4, -0.2) is 13.2 Å². The van der Waals surface area contributed by atoms with Crippen LogP contribution in [0.4, 0.5) is 0 Å². The van der Waals surface area contributed by atoms with Crippen LogP contribution in [0.5, 0.6) is 11.5 Å². The number of nitrogens with zero attached hydrogens (tertiary/aromatic N) is 1. The first-order chi connectivity index (χ1) is 10.2. The van der Waals surface area contributed by atoms with Crippen molar-refractivity contribution in [2.45, 2.75) is 25.5 Å². The third kappa shape index (κ3) is 3.54. The maximum Gasteiger partial charge on any atom is 0.162 e. The average Bonchev–Trinajstić information content (AvgIpc) is 3.05. The molecule has 4 nitrogen and oxygen atoms in total. The Morgan fingerprint density at radius 2 is 2.14 bits per heavy atom. The van der Waals surface area contributed by atoms with Gasteiger partial charge in [0, 0.05) is 17.7 Å². The zero-order valence-corrected chi connectivity index (χ0v) is 12.9. The van der Waals surface area contributed by atoms with Crippen molar-refractivity contribution in [1.82, 2.24) is 0 Å². The summed E-state index contributed by atoms with van der Waals surface area (Å²) in [7, 11) is 1.56. The van der Waals surface area contributed by atoms with E-state index in [1.807, 2.05) is 23.8 Å². The van der Waals surface area contributed by atoms with Crippen LogP contribution in [0.25, 0.3) is 0 Å². The molecule has 2 unspecified atom stereocenters. The molecule has 0 amide bonds. The molecule has 0 saturated heterocycles. The number of nitriles is 1. The summed E-state index contributed by atoms with van der Waals surface area (Å²) < 4.78 is 11.4. The third-order valence-electron chi connectivity index (χ3n) is 3.28. The van der Waals surface area contributed by atoms with Gasteiger partial charge in [-0.15, -0.1) is 0 Å². The number of thiophene rings is 1. The Morgan fingerprint density at radius 3 is 2.71 bits per heavy atom. The smallest absolute Gasteiger partial charge is 0.162 e. The molecule has 2 atom stereocenters. The summed E-state index contributed by atoms with van der Waals surface area (Å²) in [6.45, 7) is 2.03. The second-order valence-corrected chi connectivity index (χ2v) is 5.42. The van der Waals surface area contributed by atoms with Gasteiger partial charge in [0.1, 0.15) is 6.10 Å². The van der Waals surface area contributed by atoms with E-state index in [1.165, 1.54) is 0 Å². The monoisotopic (exact) mass is 302 g/mol. The van der Waals surface area contributed by atoms with Crippen LogP contribution in [0.15, 0.2) is 35.0 Å². The Morgan fingerprint density at radius 1 is 1.33 bits per heavy atom. The second-order valence-electron chi connectivity index (χ2n) is 4.64. The van der Waals surface area contributed by atoms with Crippen LogP contribution < -0.4 is 15.2 Å². The van der Waals surface area contributed by atoms with Crippen molar-refractivity contribution < 1.29 is 9.47 Å². The van der Waals surface area contributed by atoms with Gasteiger partial charge in [-0.25, -0.2) is 0 Å². The van der Waals surface area contributed by atoms with Crippen molar-refractivity contribution in [2.24, 2.45) is 5.73 Å². The molecule has 0 aliphatic carbocycles. The van der Waals surface area contributed by atoms with E-state index in [2.05, 4.69) is 6.07 Å². The normalized spacial score (nSPS) is 13.2. The predicted octanol–water partition coefficient (Wildman–Crippen LogP) is 3.49. The lowest BCUT2D eigenvalue weighted by Gasteiger charge is -2.24. The fourth-order valence-electron chi connectivity index (χ4n) is 2.02. The van der Waals surface area contributed by atoms with Crippen molar-refractivity contribution in [3.05, 3.63) is 46.2 Å². The first kappa shape index (κ1) is 15.4. The molecule has 21 heavy (non-hydrogen) atoms. The summed E-state index contributed by atoms with van der Waals surface area (Å²) in [5, 5.41) is 13.0. The van der Waals surface area contributed by atoms with Gasteiger partial charge < -0.3 is 15.2 Å². The molecule has 1 aromatic carbocycles. The fourth-order valence-corrected chi connectivity index (χ4v) is 2.71. The molecule has 2 N–H and O–H groups in total. The molecular weight excluding hydrogens is 284 g/mol. The molecule has 1 aromatic heterocycles. The summed E-state index contributed by atoms with van der Waals surface area (Å²) in [6.07, 6.45) is 0.571. The number of hydrogen-bond acceptors (Lipinski definition) is 5. The minimum Gasteiger partial charge on any atom is -0.493 e. The van der Waals surface area contributed by atoms with Crippen LogP contribution in [0.1, 0.15) is 30.6 Å². The van der Waals surface area contributed by atoms with Crippen LogP contribution >= 0.6 is 11.3 Å². The minimum atomic E-state index is -0.233. The molecular formula is C16H18N2O2S. The Labute approximate surface area is 128 Å². The number of rotatable bonds is 6. The summed E-state index contributed by atoms with van der Waals surface area (Å²) >= 11 is 1.61. The lowest BCUT2D eigenvalue weighted by molar-refractivity contribution is 0.165. The highest BCUT2D eigenvalue weighted by Crippen LogP contribution is 2.34. The summed E-state index contributed by atoms with van der Waals surface area (Å²) in [5.74, 6) is 1.13. The van der Waals surface area contributed by atoms with Crippen LogP contribution in [0.2, 0.25) is 0 Å². The largest absolute Gasteiger partial charge is 0.493 e. The topological polar surface area (TPSA) is 68.3 Å². The number of benzene rings is 1. The van der Waals surface area contributed by atoms with Gasteiger partial charge in [-0.1, -0.05) is 6.92 Å². The van der Waals surface area contributed by atoms with E-state index in [0.717, 1.165) is 12.0 Å². The van der Waals surface area contributed by atoms with Gasteiger partial charge in [0.2, 0.25) is 0 Å².